The molecular formula is C17H20N2O5. The van der Waals surface area contributed by atoms with E-state index in [0.29, 0.717) is 30.2 Å². The fourth-order valence-corrected chi connectivity index (χ4v) is 1.96. The van der Waals surface area contributed by atoms with Gasteiger partial charge in [-0.05, 0) is 24.3 Å². The van der Waals surface area contributed by atoms with Gasteiger partial charge in [0.25, 0.3) is 5.91 Å². The van der Waals surface area contributed by atoms with Crippen molar-refractivity contribution in [1.29, 1.82) is 0 Å². The Labute approximate surface area is 139 Å². The number of carbonyl (C=O) groups excluding carboxylic acids is 2. The van der Waals surface area contributed by atoms with Crippen LogP contribution in [-0.4, -0.2) is 38.7 Å². The predicted molar refractivity (Wildman–Crippen MR) is 87.6 cm³/mol. The first-order valence-corrected chi connectivity index (χ1v) is 7.47. The number of hydrogen-bond donors (Lipinski definition) is 2. The number of ether oxygens (including phenoxy) is 2. The van der Waals surface area contributed by atoms with Gasteiger partial charge in [0.1, 0.15) is 12.4 Å². The molecule has 7 nitrogen and oxygen atoms in total. The number of carbonyl (C=O) groups is 2. The summed E-state index contributed by atoms with van der Waals surface area (Å²) in [7, 11) is 1.56. The molecule has 128 valence electrons. The molecule has 0 spiro atoms. The molecular weight excluding hydrogens is 312 g/mol. The summed E-state index contributed by atoms with van der Waals surface area (Å²) in [6.45, 7) is 0.911. The molecule has 0 saturated carbocycles. The minimum Gasteiger partial charge on any atom is -0.467 e. The molecule has 0 saturated heterocycles. The van der Waals surface area contributed by atoms with Crippen LogP contribution in [0.4, 0.5) is 5.69 Å². The van der Waals surface area contributed by atoms with E-state index in [4.69, 9.17) is 13.9 Å². The second-order valence-electron chi connectivity index (χ2n) is 4.90. The molecule has 1 heterocycles. The monoisotopic (exact) mass is 332 g/mol. The van der Waals surface area contributed by atoms with Crippen molar-refractivity contribution in [3.63, 3.8) is 0 Å². The average Bonchev–Trinajstić information content (AvgIpc) is 3.10. The highest BCUT2D eigenvalue weighted by molar-refractivity contribution is 6.03. The van der Waals surface area contributed by atoms with Crippen LogP contribution in [0, 0.1) is 0 Å². The lowest BCUT2D eigenvalue weighted by molar-refractivity contribution is -0.121. The molecule has 0 radical (unpaired) electrons. The van der Waals surface area contributed by atoms with Crippen molar-refractivity contribution in [2.75, 3.05) is 32.2 Å². The summed E-state index contributed by atoms with van der Waals surface area (Å²) in [6.07, 6.45) is 1.54. The van der Waals surface area contributed by atoms with Gasteiger partial charge in [0, 0.05) is 7.11 Å². The van der Waals surface area contributed by atoms with Gasteiger partial charge in [0.2, 0.25) is 5.91 Å². The van der Waals surface area contributed by atoms with Gasteiger partial charge in [-0.1, -0.05) is 12.1 Å². The first-order chi connectivity index (χ1) is 11.7. The van der Waals surface area contributed by atoms with Crippen molar-refractivity contribution in [3.8, 4) is 0 Å². The normalized spacial score (nSPS) is 10.4. The van der Waals surface area contributed by atoms with Gasteiger partial charge in [0.15, 0.2) is 0 Å². The third-order valence-electron chi connectivity index (χ3n) is 3.11. The van der Waals surface area contributed by atoms with E-state index < -0.39 is 0 Å². The molecule has 0 aliphatic carbocycles. The highest BCUT2D eigenvalue weighted by Gasteiger charge is 2.13. The lowest BCUT2D eigenvalue weighted by atomic mass is 10.1. The molecule has 2 rings (SSSR count). The fourth-order valence-electron chi connectivity index (χ4n) is 1.96. The zero-order valence-electron chi connectivity index (χ0n) is 13.4. The van der Waals surface area contributed by atoms with E-state index in [1.54, 1.807) is 49.8 Å². The molecule has 24 heavy (non-hydrogen) atoms. The Kier molecular flexibility index (Phi) is 7.00. The number of furan rings is 1. The zero-order chi connectivity index (χ0) is 17.2. The van der Waals surface area contributed by atoms with Gasteiger partial charge in [-0.3, -0.25) is 9.59 Å². The minimum atomic E-state index is -0.336. The van der Waals surface area contributed by atoms with Crippen LogP contribution in [0.15, 0.2) is 47.1 Å². The van der Waals surface area contributed by atoms with Gasteiger partial charge in [-0.2, -0.15) is 0 Å². The van der Waals surface area contributed by atoms with Gasteiger partial charge < -0.3 is 24.5 Å². The number of methoxy groups -OCH3 is 1. The Morgan fingerprint density at radius 1 is 1.12 bits per heavy atom. The maximum absolute atomic E-state index is 12.3. The summed E-state index contributed by atoms with van der Waals surface area (Å²) < 4.78 is 15.2. The van der Waals surface area contributed by atoms with E-state index in [1.807, 2.05) is 0 Å². The van der Waals surface area contributed by atoms with Gasteiger partial charge in [0.05, 0.1) is 37.3 Å². The van der Waals surface area contributed by atoms with Crippen molar-refractivity contribution in [1.82, 2.24) is 5.32 Å². The van der Waals surface area contributed by atoms with E-state index in [-0.39, 0.29) is 25.0 Å². The first-order valence-electron chi connectivity index (χ1n) is 7.47. The maximum atomic E-state index is 12.3. The van der Waals surface area contributed by atoms with Crippen LogP contribution in [0.2, 0.25) is 0 Å². The topological polar surface area (TPSA) is 89.8 Å². The van der Waals surface area contributed by atoms with E-state index >= 15 is 0 Å². The molecule has 1 aromatic heterocycles. The molecule has 0 aliphatic heterocycles. The van der Waals surface area contributed by atoms with Gasteiger partial charge >= 0.3 is 0 Å². The minimum absolute atomic E-state index is 0.105. The molecule has 1 aromatic carbocycles. The highest BCUT2D eigenvalue weighted by Crippen LogP contribution is 2.15. The molecule has 0 bridgehead atoms. The number of anilines is 1. The van der Waals surface area contributed by atoms with E-state index in [2.05, 4.69) is 10.6 Å². The lowest BCUT2D eigenvalue weighted by Gasteiger charge is -2.11. The molecule has 2 N–H and O–H groups in total. The van der Waals surface area contributed by atoms with Crippen molar-refractivity contribution in [2.24, 2.45) is 0 Å². The summed E-state index contributed by atoms with van der Waals surface area (Å²) in [5.74, 6) is 0.0106. The predicted octanol–water partition coefficient (Wildman–Crippen LogP) is 1.81. The lowest BCUT2D eigenvalue weighted by Crippen LogP contribution is -2.26. The molecule has 2 aromatic rings. The Morgan fingerprint density at radius 2 is 1.96 bits per heavy atom. The average molecular weight is 332 g/mol. The zero-order valence-corrected chi connectivity index (χ0v) is 13.4. The smallest absolute Gasteiger partial charge is 0.253 e. The number of hydrogen-bond acceptors (Lipinski definition) is 5. The molecule has 0 unspecified atom stereocenters. The Hall–Kier alpha value is -2.64. The number of rotatable bonds is 9. The SMILES string of the molecule is COCCOCC(=O)Nc1ccccc1C(=O)NCc1ccco1. The van der Waals surface area contributed by atoms with Crippen LogP contribution in [0.1, 0.15) is 16.1 Å². The number of benzene rings is 1. The van der Waals surface area contributed by atoms with Gasteiger partial charge in [-0.15, -0.1) is 0 Å². The summed E-state index contributed by atoms with van der Waals surface area (Å²) in [4.78, 5) is 24.2. The van der Waals surface area contributed by atoms with Crippen LogP contribution < -0.4 is 10.6 Å². The Balaban J connectivity index is 1.91. The van der Waals surface area contributed by atoms with Crippen LogP contribution in [-0.2, 0) is 20.8 Å². The fraction of sp³-hybridized carbons (Fsp3) is 0.294. The standard InChI is InChI=1S/C17H20N2O5/c1-22-9-10-23-12-16(20)19-15-7-3-2-6-14(15)17(21)18-11-13-5-4-8-24-13/h2-8H,9-12H2,1H3,(H,18,21)(H,19,20). The van der Waals surface area contributed by atoms with Crippen molar-refractivity contribution in [2.45, 2.75) is 6.54 Å². The third-order valence-corrected chi connectivity index (χ3v) is 3.11. The number of para-hydroxylation sites is 1. The maximum Gasteiger partial charge on any atom is 0.253 e. The van der Waals surface area contributed by atoms with Crippen molar-refractivity contribution in [3.05, 3.63) is 54.0 Å². The Morgan fingerprint density at radius 3 is 2.71 bits per heavy atom. The first kappa shape index (κ1) is 17.7. The van der Waals surface area contributed by atoms with Crippen LogP contribution in [0.5, 0.6) is 0 Å². The molecule has 0 atom stereocenters. The molecule has 7 heteroatoms. The van der Waals surface area contributed by atoms with E-state index in [0.717, 1.165) is 0 Å². The van der Waals surface area contributed by atoms with Crippen LogP contribution >= 0.6 is 0 Å². The van der Waals surface area contributed by atoms with Gasteiger partial charge in [-0.25, -0.2) is 0 Å². The summed E-state index contributed by atoms with van der Waals surface area (Å²) in [6, 6.07) is 10.3. The quantitative estimate of drug-likeness (QED) is 0.684. The largest absolute Gasteiger partial charge is 0.467 e. The van der Waals surface area contributed by atoms with E-state index in [1.165, 1.54) is 0 Å². The third kappa shape index (κ3) is 5.53. The number of amides is 2. The second kappa shape index (κ2) is 9.49. The molecule has 2 amide bonds. The van der Waals surface area contributed by atoms with Crippen molar-refractivity contribution >= 4 is 17.5 Å². The van der Waals surface area contributed by atoms with Crippen LogP contribution in [0.25, 0.3) is 0 Å². The van der Waals surface area contributed by atoms with E-state index in [9.17, 15) is 9.59 Å². The summed E-state index contributed by atoms with van der Waals surface area (Å²) in [5, 5.41) is 5.42. The van der Waals surface area contributed by atoms with Crippen molar-refractivity contribution < 1.29 is 23.5 Å². The summed E-state index contributed by atoms with van der Waals surface area (Å²) in [5.41, 5.74) is 0.795. The molecule has 0 fully saturated rings. The molecule has 0 aliphatic rings. The number of nitrogens with one attached hydrogen (secondary N) is 2. The Bertz CT molecular complexity index is 655. The summed E-state index contributed by atoms with van der Waals surface area (Å²) >= 11 is 0. The van der Waals surface area contributed by atoms with Crippen LogP contribution in [0.3, 0.4) is 0 Å². The second-order valence-corrected chi connectivity index (χ2v) is 4.90. The highest BCUT2D eigenvalue weighted by atomic mass is 16.5.